The lowest BCUT2D eigenvalue weighted by Gasteiger charge is -2.27. The van der Waals surface area contributed by atoms with E-state index in [1.807, 2.05) is 21.1 Å². The van der Waals surface area contributed by atoms with Crippen molar-refractivity contribution in [3.05, 3.63) is 29.8 Å². The van der Waals surface area contributed by atoms with Crippen LogP contribution in [0.3, 0.4) is 0 Å². The molecule has 1 aliphatic rings. The molecular weight excluding hydrogens is 388 g/mol. The van der Waals surface area contributed by atoms with Crippen molar-refractivity contribution in [3.8, 4) is 0 Å². The molecular formula is C20H30N6O2S. The van der Waals surface area contributed by atoms with Crippen LogP contribution >= 0.6 is 11.8 Å². The van der Waals surface area contributed by atoms with Crippen molar-refractivity contribution in [2.24, 2.45) is 0 Å². The number of benzene rings is 1. The molecule has 2 aromatic rings. The van der Waals surface area contributed by atoms with Crippen molar-refractivity contribution in [3.63, 3.8) is 0 Å². The second kappa shape index (κ2) is 9.98. The van der Waals surface area contributed by atoms with Crippen molar-refractivity contribution in [2.75, 3.05) is 63.0 Å². The molecule has 0 radical (unpaired) electrons. The molecule has 0 unspecified atom stereocenters. The Hall–Kier alpha value is -2.26. The fraction of sp³-hybridized carbons (Fsp3) is 0.550. The summed E-state index contributed by atoms with van der Waals surface area (Å²) in [7, 11) is 5.87. The maximum absolute atomic E-state index is 12.6. The van der Waals surface area contributed by atoms with Crippen LogP contribution in [-0.4, -0.2) is 78.8 Å². The highest BCUT2D eigenvalue weighted by Crippen LogP contribution is 2.23. The summed E-state index contributed by atoms with van der Waals surface area (Å²) >= 11 is 1.44. The molecule has 1 amide bonds. The zero-order valence-corrected chi connectivity index (χ0v) is 18.5. The van der Waals surface area contributed by atoms with Gasteiger partial charge in [0.25, 0.3) is 0 Å². The fourth-order valence-electron chi connectivity index (χ4n) is 3.16. The van der Waals surface area contributed by atoms with E-state index in [-0.39, 0.29) is 5.91 Å². The normalized spacial score (nSPS) is 14.1. The van der Waals surface area contributed by atoms with Gasteiger partial charge >= 0.3 is 0 Å². The summed E-state index contributed by atoms with van der Waals surface area (Å²) in [5.41, 5.74) is 2.26. The van der Waals surface area contributed by atoms with E-state index in [2.05, 4.69) is 55.8 Å². The Morgan fingerprint density at radius 1 is 1.14 bits per heavy atom. The van der Waals surface area contributed by atoms with E-state index >= 15 is 0 Å². The zero-order valence-electron chi connectivity index (χ0n) is 17.7. The quantitative estimate of drug-likeness (QED) is 0.607. The maximum atomic E-state index is 12.6. The van der Waals surface area contributed by atoms with Gasteiger partial charge in [0.1, 0.15) is 0 Å². The molecule has 1 aromatic carbocycles. The van der Waals surface area contributed by atoms with E-state index in [9.17, 15) is 4.79 Å². The van der Waals surface area contributed by atoms with Crippen LogP contribution < -0.4 is 9.80 Å². The molecule has 0 bridgehead atoms. The standard InChI is InChI=1S/C20H30N6O2S/c1-5-26-19(25-10-12-28-13-11-25)21-22-20(26)29-15-18(27)24(4)14-16-6-8-17(9-7-16)23(2)3/h6-9H,5,10-15H2,1-4H3. The minimum Gasteiger partial charge on any atom is -0.378 e. The van der Waals surface area contributed by atoms with Gasteiger partial charge in [-0.25, -0.2) is 0 Å². The van der Waals surface area contributed by atoms with Gasteiger partial charge in [-0.05, 0) is 24.6 Å². The predicted octanol–water partition coefficient (Wildman–Crippen LogP) is 1.95. The number of rotatable bonds is 8. The molecule has 0 saturated carbocycles. The third-order valence-electron chi connectivity index (χ3n) is 4.93. The number of amides is 1. The molecule has 0 atom stereocenters. The molecule has 0 N–H and O–H groups in total. The van der Waals surface area contributed by atoms with Crippen molar-refractivity contribution in [1.29, 1.82) is 0 Å². The molecule has 8 nitrogen and oxygen atoms in total. The Balaban J connectivity index is 1.56. The van der Waals surface area contributed by atoms with Crippen molar-refractivity contribution in [2.45, 2.75) is 25.2 Å². The number of carbonyl (C=O) groups excluding carboxylic acids is 1. The molecule has 1 saturated heterocycles. The van der Waals surface area contributed by atoms with Crippen LogP contribution in [0.25, 0.3) is 0 Å². The first-order chi connectivity index (χ1) is 14.0. The van der Waals surface area contributed by atoms with Crippen LogP contribution in [0.1, 0.15) is 12.5 Å². The number of carbonyl (C=O) groups is 1. The fourth-order valence-corrected chi connectivity index (χ4v) is 4.10. The van der Waals surface area contributed by atoms with Gasteiger partial charge in [-0.2, -0.15) is 0 Å². The van der Waals surface area contributed by atoms with E-state index < -0.39 is 0 Å². The van der Waals surface area contributed by atoms with Gasteiger partial charge in [0.2, 0.25) is 11.9 Å². The number of hydrogen-bond donors (Lipinski definition) is 0. The molecule has 1 aliphatic heterocycles. The molecule has 0 spiro atoms. The van der Waals surface area contributed by atoms with Crippen LogP contribution in [0.2, 0.25) is 0 Å². The lowest BCUT2D eigenvalue weighted by Crippen LogP contribution is -2.38. The number of ether oxygens (including phenoxy) is 1. The van der Waals surface area contributed by atoms with E-state index in [0.717, 1.165) is 42.0 Å². The van der Waals surface area contributed by atoms with Gasteiger partial charge in [0.05, 0.1) is 19.0 Å². The molecule has 2 heterocycles. The number of aromatic nitrogens is 3. The van der Waals surface area contributed by atoms with Gasteiger partial charge in [-0.3, -0.25) is 9.36 Å². The SMILES string of the molecule is CCn1c(SCC(=O)N(C)Cc2ccc(N(C)C)cc2)nnc1N1CCOCC1. The van der Waals surface area contributed by atoms with E-state index in [4.69, 9.17) is 4.74 Å². The number of anilines is 2. The molecule has 0 aliphatic carbocycles. The maximum Gasteiger partial charge on any atom is 0.233 e. The minimum atomic E-state index is 0.0743. The van der Waals surface area contributed by atoms with Crippen LogP contribution in [0, 0.1) is 0 Å². The Kier molecular flexibility index (Phi) is 7.38. The number of nitrogens with zero attached hydrogens (tertiary/aromatic N) is 6. The van der Waals surface area contributed by atoms with Gasteiger partial charge in [0, 0.05) is 53.0 Å². The zero-order chi connectivity index (χ0) is 20.8. The van der Waals surface area contributed by atoms with Crippen molar-refractivity contribution in [1.82, 2.24) is 19.7 Å². The van der Waals surface area contributed by atoms with Crippen LogP contribution in [0.4, 0.5) is 11.6 Å². The van der Waals surface area contributed by atoms with E-state index in [1.165, 1.54) is 11.8 Å². The molecule has 3 rings (SSSR count). The smallest absolute Gasteiger partial charge is 0.233 e. The van der Waals surface area contributed by atoms with Gasteiger partial charge in [0.15, 0.2) is 5.16 Å². The summed E-state index contributed by atoms with van der Waals surface area (Å²) in [6, 6.07) is 8.27. The minimum absolute atomic E-state index is 0.0743. The summed E-state index contributed by atoms with van der Waals surface area (Å²) < 4.78 is 7.49. The van der Waals surface area contributed by atoms with Crippen LogP contribution in [0.5, 0.6) is 0 Å². The molecule has 1 fully saturated rings. The molecule has 1 aromatic heterocycles. The van der Waals surface area contributed by atoms with Gasteiger partial charge in [-0.15, -0.1) is 10.2 Å². The predicted molar refractivity (Wildman–Crippen MR) is 117 cm³/mol. The number of hydrogen-bond acceptors (Lipinski definition) is 7. The second-order valence-corrected chi connectivity index (χ2v) is 8.17. The lowest BCUT2D eigenvalue weighted by atomic mass is 10.2. The van der Waals surface area contributed by atoms with Crippen molar-refractivity contribution >= 4 is 29.3 Å². The van der Waals surface area contributed by atoms with Gasteiger partial charge < -0.3 is 19.4 Å². The average molecular weight is 419 g/mol. The Bertz CT molecular complexity index is 802. The summed E-state index contributed by atoms with van der Waals surface area (Å²) in [6.45, 7) is 6.48. The topological polar surface area (TPSA) is 66.7 Å². The lowest BCUT2D eigenvalue weighted by molar-refractivity contribution is -0.127. The summed E-state index contributed by atoms with van der Waals surface area (Å²) in [5, 5.41) is 9.46. The first kappa shape index (κ1) is 21.4. The molecule has 158 valence electrons. The van der Waals surface area contributed by atoms with E-state index in [1.54, 1.807) is 4.90 Å². The van der Waals surface area contributed by atoms with Crippen molar-refractivity contribution < 1.29 is 9.53 Å². The highest BCUT2D eigenvalue weighted by molar-refractivity contribution is 7.99. The Morgan fingerprint density at radius 2 is 1.83 bits per heavy atom. The highest BCUT2D eigenvalue weighted by atomic mass is 32.2. The third-order valence-corrected chi connectivity index (χ3v) is 5.88. The highest BCUT2D eigenvalue weighted by Gasteiger charge is 2.20. The van der Waals surface area contributed by atoms with E-state index in [0.29, 0.717) is 25.5 Å². The second-order valence-electron chi connectivity index (χ2n) is 7.23. The first-order valence-corrected chi connectivity index (χ1v) is 10.9. The Labute approximate surface area is 176 Å². The third kappa shape index (κ3) is 5.42. The molecule has 29 heavy (non-hydrogen) atoms. The summed E-state index contributed by atoms with van der Waals surface area (Å²) in [4.78, 5) is 18.6. The summed E-state index contributed by atoms with van der Waals surface area (Å²) in [6.07, 6.45) is 0. The average Bonchev–Trinajstić information content (AvgIpc) is 3.15. The van der Waals surface area contributed by atoms with Crippen LogP contribution in [0.15, 0.2) is 29.4 Å². The summed E-state index contributed by atoms with van der Waals surface area (Å²) in [5.74, 6) is 1.28. The van der Waals surface area contributed by atoms with Gasteiger partial charge in [-0.1, -0.05) is 23.9 Å². The first-order valence-electron chi connectivity index (χ1n) is 9.88. The van der Waals surface area contributed by atoms with Crippen LogP contribution in [-0.2, 0) is 22.6 Å². The largest absolute Gasteiger partial charge is 0.378 e. The number of morpholine rings is 1. The Morgan fingerprint density at radius 3 is 2.45 bits per heavy atom. The number of thioether (sulfide) groups is 1. The monoisotopic (exact) mass is 418 g/mol. The molecule has 9 heteroatoms.